The van der Waals surface area contributed by atoms with Crippen LogP contribution in [0.5, 0.6) is 5.88 Å². The zero-order valence-corrected chi connectivity index (χ0v) is 22.2. The van der Waals surface area contributed by atoms with Crippen LogP contribution >= 0.6 is 0 Å². The number of amidine groups is 1. The number of imide groups is 1. The molecule has 38 heavy (non-hydrogen) atoms. The van der Waals surface area contributed by atoms with Gasteiger partial charge < -0.3 is 20.9 Å². The monoisotopic (exact) mass is 530 g/mol. The summed E-state index contributed by atoms with van der Waals surface area (Å²) in [5.74, 6) is -0.716. The van der Waals surface area contributed by atoms with Gasteiger partial charge in [0.05, 0.1) is 12.6 Å². The number of carbonyl (C=O) groups is 2. The summed E-state index contributed by atoms with van der Waals surface area (Å²) in [7, 11) is 1.49. The van der Waals surface area contributed by atoms with Crippen LogP contribution in [0.1, 0.15) is 82.7 Å². The summed E-state index contributed by atoms with van der Waals surface area (Å²) in [6.45, 7) is 3.21. The van der Waals surface area contributed by atoms with Gasteiger partial charge in [-0.05, 0) is 63.2 Å². The van der Waals surface area contributed by atoms with Crippen LogP contribution in [0.25, 0.3) is 0 Å². The Morgan fingerprint density at radius 3 is 2.47 bits per heavy atom. The maximum absolute atomic E-state index is 13.6. The van der Waals surface area contributed by atoms with Gasteiger partial charge >= 0.3 is 11.7 Å². The number of aliphatic imine (C=N–C) groups is 1. The topological polar surface area (TPSA) is 161 Å². The summed E-state index contributed by atoms with van der Waals surface area (Å²) in [5, 5.41) is 13.8. The van der Waals surface area contributed by atoms with Gasteiger partial charge in [-0.25, -0.2) is 9.59 Å². The van der Waals surface area contributed by atoms with Gasteiger partial charge in [0.1, 0.15) is 16.9 Å². The molecule has 2 aliphatic heterocycles. The van der Waals surface area contributed by atoms with Gasteiger partial charge in [-0.15, -0.1) is 0 Å². The lowest BCUT2D eigenvalue weighted by Crippen LogP contribution is -2.63. The lowest BCUT2D eigenvalue weighted by molar-refractivity contribution is -0.141. The van der Waals surface area contributed by atoms with Crippen LogP contribution in [0.15, 0.2) is 14.6 Å². The van der Waals surface area contributed by atoms with Gasteiger partial charge in [0.2, 0.25) is 5.88 Å². The van der Waals surface area contributed by atoms with Crippen LogP contribution in [0, 0.1) is 5.41 Å². The minimum absolute atomic E-state index is 0.0689. The smallest absolute Gasteiger partial charge is 0.334 e. The molecule has 5 rings (SSSR count). The Labute approximate surface area is 220 Å². The SMILES string of the molecule is CCCCn1c(O)c(C(N)=NCC2CCCO2)c(=O)n(C2CCC3(CC2)CC2(C3)NC(=O)N(C)C2=O)c1=O. The van der Waals surface area contributed by atoms with Crippen LogP contribution < -0.4 is 22.3 Å². The molecule has 4 aliphatic rings. The molecule has 2 spiro atoms. The molecule has 12 nitrogen and oxygen atoms in total. The standard InChI is InChI=1S/C26H38N6O6/c1-3-4-11-31-20(33)18(19(27)28-13-17-6-5-12-38-17)21(34)32(24(31)37)16-7-9-25(10-8-16)14-26(15-25)22(35)30(2)23(36)29-26/h16-17,33H,3-15H2,1-2H3,(H2,27,28)(H,29,36). The summed E-state index contributed by atoms with van der Waals surface area (Å²) in [5.41, 5.74) is 4.01. The molecule has 3 amide bonds. The van der Waals surface area contributed by atoms with Crippen molar-refractivity contribution in [3.63, 3.8) is 0 Å². The third-order valence-electron chi connectivity index (χ3n) is 8.93. The first-order chi connectivity index (χ1) is 18.1. The van der Waals surface area contributed by atoms with Crippen LogP contribution in [-0.4, -0.2) is 68.8 Å². The number of nitrogens with zero attached hydrogens (tertiary/aromatic N) is 4. The Morgan fingerprint density at radius 1 is 1.18 bits per heavy atom. The maximum atomic E-state index is 13.6. The van der Waals surface area contributed by atoms with Gasteiger partial charge in [-0.1, -0.05) is 13.3 Å². The molecular formula is C26H38N6O6. The van der Waals surface area contributed by atoms with Gasteiger partial charge in [0.15, 0.2) is 0 Å². The second kappa shape index (κ2) is 9.87. The van der Waals surface area contributed by atoms with E-state index in [4.69, 9.17) is 10.5 Å². The number of ether oxygens (including phenoxy) is 1. The van der Waals surface area contributed by atoms with Crippen molar-refractivity contribution < 1.29 is 19.4 Å². The average molecular weight is 531 g/mol. The minimum atomic E-state index is -0.817. The van der Waals surface area contributed by atoms with Crippen molar-refractivity contribution in [3.8, 4) is 5.88 Å². The average Bonchev–Trinajstić information content (AvgIpc) is 3.47. The molecule has 2 saturated carbocycles. The number of likely N-dealkylation sites (N-methyl/N-ethyl adjacent to an activating group) is 1. The zero-order valence-electron chi connectivity index (χ0n) is 22.2. The number of nitrogens with two attached hydrogens (primary N) is 1. The first-order valence-electron chi connectivity index (χ1n) is 13.7. The lowest BCUT2D eigenvalue weighted by Gasteiger charge is -2.55. The molecule has 2 aliphatic carbocycles. The fourth-order valence-electron chi connectivity index (χ4n) is 6.84. The van der Waals surface area contributed by atoms with Crippen molar-refractivity contribution in [2.75, 3.05) is 20.2 Å². The van der Waals surface area contributed by atoms with Crippen molar-refractivity contribution in [2.24, 2.45) is 16.1 Å². The van der Waals surface area contributed by atoms with Crippen molar-refractivity contribution in [1.82, 2.24) is 19.4 Å². The summed E-state index contributed by atoms with van der Waals surface area (Å²) in [4.78, 5) is 57.2. The van der Waals surface area contributed by atoms with Gasteiger partial charge in [-0.2, -0.15) is 0 Å². The van der Waals surface area contributed by atoms with Crippen molar-refractivity contribution >= 4 is 17.8 Å². The Kier molecular flexibility index (Phi) is 6.87. The number of hydrogen-bond acceptors (Lipinski definition) is 7. The molecule has 0 bridgehead atoms. The molecule has 2 saturated heterocycles. The number of nitrogens with one attached hydrogen (secondary N) is 1. The molecule has 0 aromatic carbocycles. The Hall–Kier alpha value is -3.15. The van der Waals surface area contributed by atoms with Crippen LogP contribution in [0.2, 0.25) is 0 Å². The van der Waals surface area contributed by atoms with Crippen molar-refractivity contribution in [2.45, 2.75) is 95.4 Å². The number of amides is 3. The highest BCUT2D eigenvalue weighted by Gasteiger charge is 2.64. The summed E-state index contributed by atoms with van der Waals surface area (Å²) in [6.07, 6.45) is 6.95. The fraction of sp³-hybridized carbons (Fsp3) is 0.731. The molecule has 0 radical (unpaired) electrons. The Balaban J connectivity index is 1.40. The van der Waals surface area contributed by atoms with E-state index in [0.717, 1.165) is 37.0 Å². The zero-order chi connectivity index (χ0) is 27.2. The van der Waals surface area contributed by atoms with Gasteiger partial charge in [0, 0.05) is 26.2 Å². The van der Waals surface area contributed by atoms with Crippen LogP contribution in [-0.2, 0) is 16.1 Å². The first kappa shape index (κ1) is 26.5. The molecule has 1 aromatic heterocycles. The third-order valence-corrected chi connectivity index (χ3v) is 8.93. The number of hydrogen-bond donors (Lipinski definition) is 3. The Morgan fingerprint density at radius 2 is 1.89 bits per heavy atom. The van der Waals surface area contributed by atoms with E-state index in [9.17, 15) is 24.3 Å². The summed E-state index contributed by atoms with van der Waals surface area (Å²) in [6, 6.07) is -0.722. The van der Waals surface area contributed by atoms with E-state index in [1.54, 1.807) is 0 Å². The fourth-order valence-corrected chi connectivity index (χ4v) is 6.84. The Bertz CT molecular complexity index is 1260. The molecule has 4 N–H and O–H groups in total. The molecule has 3 heterocycles. The number of unbranched alkanes of at least 4 members (excludes halogenated alkanes) is 1. The molecule has 4 fully saturated rings. The van der Waals surface area contributed by atoms with E-state index in [-0.39, 0.29) is 54.0 Å². The van der Waals surface area contributed by atoms with Gasteiger partial charge in [-0.3, -0.25) is 28.6 Å². The number of aromatic nitrogens is 2. The number of rotatable bonds is 7. The van der Waals surface area contributed by atoms with E-state index in [2.05, 4.69) is 10.3 Å². The highest BCUT2D eigenvalue weighted by molar-refractivity contribution is 6.07. The summed E-state index contributed by atoms with van der Waals surface area (Å²) >= 11 is 0. The molecule has 1 aromatic rings. The van der Waals surface area contributed by atoms with Crippen LogP contribution in [0.3, 0.4) is 0 Å². The lowest BCUT2D eigenvalue weighted by atomic mass is 9.51. The van der Waals surface area contributed by atoms with E-state index in [1.807, 2.05) is 6.92 Å². The summed E-state index contributed by atoms with van der Waals surface area (Å²) < 4.78 is 8.08. The van der Waals surface area contributed by atoms with Gasteiger partial charge in [0.25, 0.3) is 11.5 Å². The largest absolute Gasteiger partial charge is 0.494 e. The molecule has 12 heteroatoms. The number of carbonyl (C=O) groups excluding carboxylic acids is 2. The highest BCUT2D eigenvalue weighted by Crippen LogP contribution is 2.59. The van der Waals surface area contributed by atoms with E-state index in [0.29, 0.717) is 38.7 Å². The van der Waals surface area contributed by atoms with E-state index >= 15 is 0 Å². The molecule has 1 unspecified atom stereocenters. The van der Waals surface area contributed by atoms with Crippen LogP contribution in [0.4, 0.5) is 4.79 Å². The highest BCUT2D eigenvalue weighted by atomic mass is 16.5. The molecule has 208 valence electrons. The second-order valence-corrected chi connectivity index (χ2v) is 11.5. The predicted molar refractivity (Wildman–Crippen MR) is 139 cm³/mol. The normalized spacial score (nSPS) is 31.3. The predicted octanol–water partition coefficient (Wildman–Crippen LogP) is 1.22. The number of aromatic hydroxyl groups is 1. The second-order valence-electron chi connectivity index (χ2n) is 11.5. The number of urea groups is 1. The van der Waals surface area contributed by atoms with Crippen molar-refractivity contribution in [3.05, 3.63) is 26.4 Å². The van der Waals surface area contributed by atoms with E-state index < -0.39 is 22.7 Å². The van der Waals surface area contributed by atoms with Crippen molar-refractivity contribution in [1.29, 1.82) is 0 Å². The molecule has 1 atom stereocenters. The first-order valence-corrected chi connectivity index (χ1v) is 13.7. The minimum Gasteiger partial charge on any atom is -0.494 e. The molecular weight excluding hydrogens is 492 g/mol. The maximum Gasteiger partial charge on any atom is 0.334 e. The quantitative estimate of drug-likeness (QED) is 0.271. The van der Waals surface area contributed by atoms with E-state index in [1.165, 1.54) is 16.2 Å². The third kappa shape index (κ3) is 4.32.